The van der Waals surface area contributed by atoms with Gasteiger partial charge in [-0.1, -0.05) is 13.3 Å². The number of Topliss-reactive ketones (excluding diaryl/α,β-unsaturated/α-hetero) is 1. The van der Waals surface area contributed by atoms with E-state index >= 15 is 0 Å². The molecule has 14 heavy (non-hydrogen) atoms. The van der Waals surface area contributed by atoms with Crippen molar-refractivity contribution >= 4 is 23.6 Å². The first-order valence-corrected chi connectivity index (χ1v) is 4.52. The number of primary amides is 1. The van der Waals surface area contributed by atoms with Crippen LogP contribution in [-0.2, 0) is 4.79 Å². The molecule has 0 saturated carbocycles. The third-order valence-electron chi connectivity index (χ3n) is 1.67. The summed E-state index contributed by atoms with van der Waals surface area (Å²) in [6, 6.07) is 0.0421. The van der Waals surface area contributed by atoms with Crippen LogP contribution in [0.2, 0.25) is 0 Å². The topological polar surface area (TPSA) is 87.2 Å². The molecular weight excluding hydrogens is 206 g/mol. The molecule has 0 heterocycles. The normalized spacial score (nSPS) is 11.5. The van der Waals surface area contributed by atoms with Gasteiger partial charge >= 0.3 is 6.03 Å². The number of amides is 2. The van der Waals surface area contributed by atoms with Gasteiger partial charge in [0.15, 0.2) is 5.78 Å². The van der Waals surface area contributed by atoms with Crippen molar-refractivity contribution in [2.24, 2.45) is 5.73 Å². The van der Waals surface area contributed by atoms with Crippen molar-refractivity contribution in [1.82, 2.24) is 4.42 Å². The van der Waals surface area contributed by atoms with Crippen molar-refractivity contribution in [2.75, 3.05) is 0 Å². The second-order valence-electron chi connectivity index (χ2n) is 2.76. The van der Waals surface area contributed by atoms with E-state index in [9.17, 15) is 9.59 Å². The Labute approximate surface area is 87.5 Å². The summed E-state index contributed by atoms with van der Waals surface area (Å²) in [6.45, 7) is 1.85. The molecule has 78 valence electrons. The van der Waals surface area contributed by atoms with Crippen molar-refractivity contribution < 1.29 is 9.59 Å². The molecule has 2 N–H and O–H groups in total. The molecule has 0 aliphatic carbocycles. The van der Waals surface area contributed by atoms with E-state index in [1.54, 1.807) is 6.07 Å². The van der Waals surface area contributed by atoms with Crippen LogP contribution in [0, 0.1) is 11.3 Å². The molecule has 0 radical (unpaired) electrons. The fraction of sp³-hybridized carbons (Fsp3) is 0.625. The third-order valence-corrected chi connectivity index (χ3v) is 2.07. The molecule has 0 saturated heterocycles. The van der Waals surface area contributed by atoms with Crippen LogP contribution in [0.15, 0.2) is 0 Å². The van der Waals surface area contributed by atoms with Gasteiger partial charge in [0.05, 0.1) is 12.5 Å². The first kappa shape index (κ1) is 12.7. The van der Waals surface area contributed by atoms with Gasteiger partial charge in [-0.05, 0) is 6.42 Å². The fourth-order valence-corrected chi connectivity index (χ4v) is 1.23. The summed E-state index contributed by atoms with van der Waals surface area (Å²) in [6.07, 6.45) is 0.826. The lowest BCUT2D eigenvalue weighted by atomic mass is 10.1. The number of carbonyl (C=O) groups excluding carboxylic acids is 2. The van der Waals surface area contributed by atoms with Gasteiger partial charge in [0, 0.05) is 11.8 Å². The number of halogens is 1. The van der Waals surface area contributed by atoms with Gasteiger partial charge in [-0.2, -0.15) is 5.26 Å². The van der Waals surface area contributed by atoms with Crippen LogP contribution in [0.4, 0.5) is 4.79 Å². The predicted octanol–water partition coefficient (Wildman–Crippen LogP) is 1.17. The number of ketones is 1. The van der Waals surface area contributed by atoms with Crippen LogP contribution in [0.5, 0.6) is 0 Å². The van der Waals surface area contributed by atoms with E-state index in [0.717, 1.165) is 0 Å². The Morgan fingerprint density at radius 3 is 2.57 bits per heavy atom. The minimum absolute atomic E-state index is 0.263. The highest BCUT2D eigenvalue weighted by atomic mass is 35.5. The van der Waals surface area contributed by atoms with Gasteiger partial charge in [0.1, 0.15) is 6.04 Å². The lowest BCUT2D eigenvalue weighted by Crippen LogP contribution is -2.41. The molecule has 0 aromatic carbocycles. The molecule has 0 rings (SSSR count). The van der Waals surface area contributed by atoms with E-state index in [-0.39, 0.29) is 12.2 Å². The van der Waals surface area contributed by atoms with Crippen molar-refractivity contribution in [3.8, 4) is 6.07 Å². The number of carbonyl (C=O) groups is 2. The lowest BCUT2D eigenvalue weighted by Gasteiger charge is -2.20. The first-order chi connectivity index (χ1) is 6.54. The molecule has 0 spiro atoms. The number of rotatable bonds is 5. The molecule has 0 fully saturated rings. The monoisotopic (exact) mass is 217 g/mol. The summed E-state index contributed by atoms with van der Waals surface area (Å²) in [7, 11) is 0. The molecular formula is C8H12ClN3O2. The predicted molar refractivity (Wildman–Crippen MR) is 51.2 cm³/mol. The van der Waals surface area contributed by atoms with Crippen molar-refractivity contribution in [2.45, 2.75) is 32.2 Å². The summed E-state index contributed by atoms with van der Waals surface area (Å²) in [5.74, 6) is -0.386. The van der Waals surface area contributed by atoms with Crippen molar-refractivity contribution in [1.29, 1.82) is 5.26 Å². The van der Waals surface area contributed by atoms with E-state index < -0.39 is 12.1 Å². The van der Waals surface area contributed by atoms with Crippen LogP contribution < -0.4 is 5.73 Å². The Hall–Kier alpha value is -1.28. The first-order valence-electron chi connectivity index (χ1n) is 4.18. The smallest absolute Gasteiger partial charge is 0.330 e. The molecule has 6 heteroatoms. The number of nitrogens with two attached hydrogens (primary N) is 1. The Morgan fingerprint density at radius 2 is 2.21 bits per heavy atom. The Bertz CT molecular complexity index is 262. The van der Waals surface area contributed by atoms with Gasteiger partial charge in [0.25, 0.3) is 0 Å². The maximum Gasteiger partial charge on any atom is 0.330 e. The third kappa shape index (κ3) is 3.62. The van der Waals surface area contributed by atoms with E-state index in [1.807, 2.05) is 6.92 Å². The molecule has 0 aromatic heterocycles. The van der Waals surface area contributed by atoms with Crippen molar-refractivity contribution in [3.63, 3.8) is 0 Å². The molecule has 0 aliphatic heterocycles. The lowest BCUT2D eigenvalue weighted by molar-refractivity contribution is -0.121. The van der Waals surface area contributed by atoms with Crippen LogP contribution in [0.25, 0.3) is 0 Å². The highest BCUT2D eigenvalue weighted by Crippen LogP contribution is 2.12. The number of nitrogens with zero attached hydrogens (tertiary/aromatic N) is 2. The Kier molecular flexibility index (Phi) is 5.65. The SMILES string of the molecule is CCCC(C(=O)CC#N)N(Cl)C(N)=O. The number of hydrogen-bond acceptors (Lipinski definition) is 3. The minimum Gasteiger partial charge on any atom is -0.350 e. The zero-order valence-corrected chi connectivity index (χ0v) is 8.62. The number of urea groups is 1. The Morgan fingerprint density at radius 1 is 1.64 bits per heavy atom. The van der Waals surface area contributed by atoms with Gasteiger partial charge < -0.3 is 5.73 Å². The maximum atomic E-state index is 11.3. The quantitative estimate of drug-likeness (QED) is 0.702. The summed E-state index contributed by atoms with van der Waals surface area (Å²) >= 11 is 5.52. The summed E-state index contributed by atoms with van der Waals surface area (Å²) in [4.78, 5) is 22.0. The average Bonchev–Trinajstić information content (AvgIpc) is 2.13. The van der Waals surface area contributed by atoms with E-state index in [0.29, 0.717) is 17.3 Å². The second-order valence-corrected chi connectivity index (χ2v) is 3.12. The van der Waals surface area contributed by atoms with Crippen LogP contribution >= 0.6 is 11.8 Å². The largest absolute Gasteiger partial charge is 0.350 e. The zero-order chi connectivity index (χ0) is 11.1. The Balaban J connectivity index is 4.51. The molecule has 0 aromatic rings. The average molecular weight is 218 g/mol. The molecule has 5 nitrogen and oxygen atoms in total. The zero-order valence-electron chi connectivity index (χ0n) is 7.86. The van der Waals surface area contributed by atoms with Gasteiger partial charge in [0.2, 0.25) is 0 Å². The molecule has 1 atom stereocenters. The van der Waals surface area contributed by atoms with E-state index in [4.69, 9.17) is 22.8 Å². The summed E-state index contributed by atoms with van der Waals surface area (Å²) < 4.78 is 0.656. The van der Waals surface area contributed by atoms with Gasteiger partial charge in [-0.15, -0.1) is 0 Å². The highest BCUT2D eigenvalue weighted by Gasteiger charge is 2.26. The second kappa shape index (κ2) is 6.22. The van der Waals surface area contributed by atoms with Gasteiger partial charge in [-0.25, -0.2) is 9.21 Å². The summed E-state index contributed by atoms with van der Waals surface area (Å²) in [5, 5.41) is 8.33. The molecule has 1 unspecified atom stereocenters. The summed E-state index contributed by atoms with van der Waals surface area (Å²) in [5.41, 5.74) is 4.92. The minimum atomic E-state index is -0.878. The van der Waals surface area contributed by atoms with E-state index in [2.05, 4.69) is 0 Å². The molecule has 0 bridgehead atoms. The molecule has 0 aliphatic rings. The maximum absolute atomic E-state index is 11.3. The fourth-order valence-electron chi connectivity index (χ4n) is 1.02. The number of hydrogen-bond donors (Lipinski definition) is 1. The van der Waals surface area contributed by atoms with Crippen molar-refractivity contribution in [3.05, 3.63) is 0 Å². The van der Waals surface area contributed by atoms with Crippen LogP contribution in [0.3, 0.4) is 0 Å². The molecule has 2 amide bonds. The standard InChI is InChI=1S/C8H12ClN3O2/c1-2-3-6(7(13)4-5-10)12(9)8(11)14/h6H,2-4H2,1H3,(H2,11,14). The highest BCUT2D eigenvalue weighted by molar-refractivity contribution is 6.22. The van der Waals surface area contributed by atoms with Crippen LogP contribution in [-0.4, -0.2) is 22.3 Å². The van der Waals surface area contributed by atoms with Crippen LogP contribution in [0.1, 0.15) is 26.2 Å². The van der Waals surface area contributed by atoms with Gasteiger partial charge in [-0.3, -0.25) is 4.79 Å². The van der Waals surface area contributed by atoms with E-state index in [1.165, 1.54) is 0 Å². The number of nitriles is 1.